The fraction of sp³-hybridized carbons (Fsp3) is 0.533. The summed E-state index contributed by atoms with van der Waals surface area (Å²) in [6.45, 7) is 1.96. The minimum Gasteiger partial charge on any atom is -0.493 e. The predicted octanol–water partition coefficient (Wildman–Crippen LogP) is 1.04. The van der Waals surface area contributed by atoms with Gasteiger partial charge in [-0.25, -0.2) is 8.42 Å². The largest absolute Gasteiger partial charge is 0.493 e. The van der Waals surface area contributed by atoms with Gasteiger partial charge in [0.15, 0.2) is 11.5 Å². The Hall–Kier alpha value is -1.80. The van der Waals surface area contributed by atoms with Crippen LogP contribution in [0.15, 0.2) is 17.0 Å². The summed E-state index contributed by atoms with van der Waals surface area (Å²) in [5.41, 5.74) is 5.91. The molecule has 0 spiro atoms. The van der Waals surface area contributed by atoms with Gasteiger partial charge in [0, 0.05) is 12.6 Å². The van der Waals surface area contributed by atoms with Crippen molar-refractivity contribution in [2.45, 2.75) is 37.1 Å². The average Bonchev–Trinajstić information content (AvgIpc) is 2.54. The average molecular weight is 342 g/mol. The van der Waals surface area contributed by atoms with Gasteiger partial charge in [-0.2, -0.15) is 4.31 Å². The number of carbonyl (C=O) groups excluding carboxylic acids is 1. The van der Waals surface area contributed by atoms with E-state index in [4.69, 9.17) is 15.2 Å². The second-order valence-corrected chi connectivity index (χ2v) is 7.36. The molecule has 1 heterocycles. The maximum absolute atomic E-state index is 13.0. The first-order valence-electron chi connectivity index (χ1n) is 7.36. The number of sulfonamides is 1. The van der Waals surface area contributed by atoms with E-state index in [1.807, 2.05) is 0 Å². The second-order valence-electron chi connectivity index (χ2n) is 5.50. The van der Waals surface area contributed by atoms with E-state index in [0.29, 0.717) is 29.9 Å². The number of methoxy groups -OCH3 is 2. The van der Waals surface area contributed by atoms with Crippen LogP contribution in [0.25, 0.3) is 0 Å². The van der Waals surface area contributed by atoms with Gasteiger partial charge in [-0.15, -0.1) is 0 Å². The maximum Gasteiger partial charge on any atom is 0.244 e. The van der Waals surface area contributed by atoms with Gasteiger partial charge in [-0.3, -0.25) is 4.79 Å². The third-order valence-corrected chi connectivity index (χ3v) is 6.10. The summed E-state index contributed by atoms with van der Waals surface area (Å²) < 4.78 is 37.6. The van der Waals surface area contributed by atoms with Crippen LogP contribution < -0.4 is 15.2 Å². The molecule has 23 heavy (non-hydrogen) atoms. The van der Waals surface area contributed by atoms with Crippen LogP contribution in [-0.4, -0.2) is 45.4 Å². The van der Waals surface area contributed by atoms with E-state index in [9.17, 15) is 13.2 Å². The van der Waals surface area contributed by atoms with Crippen molar-refractivity contribution in [3.8, 4) is 11.5 Å². The van der Waals surface area contributed by atoms with Crippen molar-refractivity contribution in [2.75, 3.05) is 20.8 Å². The van der Waals surface area contributed by atoms with E-state index in [1.54, 1.807) is 13.0 Å². The number of ether oxygens (including phenoxy) is 2. The van der Waals surface area contributed by atoms with Gasteiger partial charge >= 0.3 is 0 Å². The van der Waals surface area contributed by atoms with Gasteiger partial charge in [-0.05, 0) is 31.4 Å². The number of primary amides is 1. The number of nitrogens with zero attached hydrogens (tertiary/aromatic N) is 1. The summed E-state index contributed by atoms with van der Waals surface area (Å²) >= 11 is 0. The number of nitrogens with two attached hydrogens (primary N) is 1. The third-order valence-electron chi connectivity index (χ3n) is 4.05. The lowest BCUT2D eigenvalue weighted by molar-refractivity contribution is -0.122. The number of carbonyl (C=O) groups is 1. The van der Waals surface area contributed by atoms with Crippen molar-refractivity contribution in [1.82, 2.24) is 4.31 Å². The highest BCUT2D eigenvalue weighted by Crippen LogP contribution is 2.35. The second kappa shape index (κ2) is 6.76. The Balaban J connectivity index is 2.52. The zero-order valence-electron chi connectivity index (χ0n) is 13.5. The van der Waals surface area contributed by atoms with Crippen LogP contribution in [0.5, 0.6) is 11.5 Å². The van der Waals surface area contributed by atoms with Crippen LogP contribution in [0.3, 0.4) is 0 Å². The Labute approximate surface area is 136 Å². The smallest absolute Gasteiger partial charge is 0.244 e. The van der Waals surface area contributed by atoms with Gasteiger partial charge in [-0.1, -0.05) is 6.42 Å². The molecule has 1 unspecified atom stereocenters. The molecule has 1 aromatic rings. The Kier molecular flexibility index (Phi) is 5.16. The minimum atomic E-state index is -3.85. The van der Waals surface area contributed by atoms with Crippen LogP contribution in [0.1, 0.15) is 24.8 Å². The number of rotatable bonds is 5. The standard InChI is InChI=1S/C15H22N2O5S/c1-10-8-12(21-2)13(22-3)9-14(10)23(19,20)17-7-5-4-6-11(17)15(16)18/h8-9,11H,4-7H2,1-3H3,(H2,16,18). The van der Waals surface area contributed by atoms with Crippen LogP contribution in [0, 0.1) is 6.92 Å². The lowest BCUT2D eigenvalue weighted by Crippen LogP contribution is -2.50. The SMILES string of the molecule is COc1cc(C)c(S(=O)(=O)N2CCCCC2C(N)=O)cc1OC. The van der Waals surface area contributed by atoms with Crippen molar-refractivity contribution < 1.29 is 22.7 Å². The molecule has 0 saturated carbocycles. The molecule has 1 saturated heterocycles. The molecule has 128 valence electrons. The zero-order chi connectivity index (χ0) is 17.2. The first-order valence-corrected chi connectivity index (χ1v) is 8.80. The monoisotopic (exact) mass is 342 g/mol. The summed E-state index contributed by atoms with van der Waals surface area (Å²) in [6, 6.07) is 2.23. The van der Waals surface area contributed by atoms with E-state index in [-0.39, 0.29) is 11.4 Å². The molecular formula is C15H22N2O5S. The maximum atomic E-state index is 13.0. The highest BCUT2D eigenvalue weighted by atomic mass is 32.2. The summed E-state index contributed by atoms with van der Waals surface area (Å²) in [5, 5.41) is 0. The predicted molar refractivity (Wildman–Crippen MR) is 85.0 cm³/mol. The van der Waals surface area contributed by atoms with Crippen molar-refractivity contribution in [3.63, 3.8) is 0 Å². The molecule has 0 bridgehead atoms. The molecular weight excluding hydrogens is 320 g/mol. The summed E-state index contributed by atoms with van der Waals surface area (Å²) in [4.78, 5) is 11.7. The lowest BCUT2D eigenvalue weighted by atomic mass is 10.0. The Morgan fingerprint density at radius 3 is 2.39 bits per heavy atom. The molecule has 2 rings (SSSR count). The molecule has 8 heteroatoms. The Morgan fingerprint density at radius 1 is 1.22 bits per heavy atom. The van der Waals surface area contributed by atoms with Crippen molar-refractivity contribution >= 4 is 15.9 Å². The van der Waals surface area contributed by atoms with E-state index < -0.39 is 22.0 Å². The van der Waals surface area contributed by atoms with E-state index in [2.05, 4.69) is 0 Å². The molecule has 1 atom stereocenters. The molecule has 1 aromatic carbocycles. The Morgan fingerprint density at radius 2 is 1.83 bits per heavy atom. The quantitative estimate of drug-likeness (QED) is 0.862. The molecule has 0 aliphatic carbocycles. The van der Waals surface area contributed by atoms with E-state index in [0.717, 1.165) is 6.42 Å². The Bertz CT molecular complexity index is 702. The molecule has 1 fully saturated rings. The topological polar surface area (TPSA) is 98.9 Å². The molecule has 1 aliphatic rings. The fourth-order valence-corrected chi connectivity index (χ4v) is 4.73. The number of aryl methyl sites for hydroxylation is 1. The van der Waals surface area contributed by atoms with Crippen molar-refractivity contribution in [2.24, 2.45) is 5.73 Å². The molecule has 7 nitrogen and oxygen atoms in total. The van der Waals surface area contributed by atoms with E-state index in [1.165, 1.54) is 24.6 Å². The van der Waals surface area contributed by atoms with Crippen LogP contribution >= 0.6 is 0 Å². The first kappa shape index (κ1) is 17.6. The van der Waals surface area contributed by atoms with Crippen LogP contribution in [-0.2, 0) is 14.8 Å². The molecule has 0 radical (unpaired) electrons. The molecule has 0 aromatic heterocycles. The summed E-state index contributed by atoms with van der Waals surface area (Å²) in [5.74, 6) is 0.157. The number of hydrogen-bond donors (Lipinski definition) is 1. The molecule has 1 aliphatic heterocycles. The van der Waals surface area contributed by atoms with Gasteiger partial charge in [0.25, 0.3) is 0 Å². The minimum absolute atomic E-state index is 0.100. The van der Waals surface area contributed by atoms with Crippen molar-refractivity contribution in [3.05, 3.63) is 17.7 Å². The third kappa shape index (κ3) is 3.28. The summed E-state index contributed by atoms with van der Waals surface area (Å²) in [7, 11) is -0.921. The van der Waals surface area contributed by atoms with E-state index >= 15 is 0 Å². The highest BCUT2D eigenvalue weighted by Gasteiger charge is 2.37. The first-order chi connectivity index (χ1) is 10.8. The van der Waals surface area contributed by atoms with Crippen LogP contribution in [0.2, 0.25) is 0 Å². The van der Waals surface area contributed by atoms with Crippen LogP contribution in [0.4, 0.5) is 0 Å². The summed E-state index contributed by atoms with van der Waals surface area (Å²) in [6.07, 6.45) is 1.93. The fourth-order valence-electron chi connectivity index (χ4n) is 2.84. The number of piperidine rings is 1. The highest BCUT2D eigenvalue weighted by molar-refractivity contribution is 7.89. The number of amides is 1. The van der Waals surface area contributed by atoms with Gasteiger partial charge in [0.1, 0.15) is 6.04 Å². The normalized spacial score (nSPS) is 19.3. The molecule has 2 N–H and O–H groups in total. The number of hydrogen-bond acceptors (Lipinski definition) is 5. The van der Waals surface area contributed by atoms with Gasteiger partial charge < -0.3 is 15.2 Å². The van der Waals surface area contributed by atoms with Gasteiger partial charge in [0.2, 0.25) is 15.9 Å². The lowest BCUT2D eigenvalue weighted by Gasteiger charge is -2.33. The zero-order valence-corrected chi connectivity index (χ0v) is 14.4. The van der Waals surface area contributed by atoms with Crippen molar-refractivity contribution in [1.29, 1.82) is 0 Å². The molecule has 1 amide bonds. The number of benzene rings is 1. The van der Waals surface area contributed by atoms with Gasteiger partial charge in [0.05, 0.1) is 19.1 Å².